The first-order valence-electron chi connectivity index (χ1n) is 6.37. The van der Waals surface area contributed by atoms with Gasteiger partial charge in [-0.25, -0.2) is 8.42 Å². The molecule has 0 fully saturated rings. The molecule has 2 heterocycles. The van der Waals surface area contributed by atoms with Crippen molar-refractivity contribution in [3.63, 3.8) is 0 Å². The first kappa shape index (κ1) is 12.9. The third-order valence-electron chi connectivity index (χ3n) is 3.27. The molecule has 0 saturated heterocycles. The Bertz CT molecular complexity index is 740. The van der Waals surface area contributed by atoms with Crippen LogP contribution in [0, 0.1) is 6.92 Å². The lowest BCUT2D eigenvalue weighted by Gasteiger charge is -2.09. The average Bonchev–Trinajstić information content (AvgIpc) is 2.88. The van der Waals surface area contributed by atoms with Gasteiger partial charge < -0.3 is 5.32 Å². The van der Waals surface area contributed by atoms with Crippen molar-refractivity contribution in [2.75, 3.05) is 16.6 Å². The number of sulfonamides is 1. The molecule has 0 amide bonds. The van der Waals surface area contributed by atoms with Crippen molar-refractivity contribution in [2.45, 2.75) is 18.2 Å². The van der Waals surface area contributed by atoms with Crippen LogP contribution in [0.4, 0.5) is 11.4 Å². The van der Waals surface area contributed by atoms with E-state index in [1.54, 1.807) is 24.3 Å². The van der Waals surface area contributed by atoms with E-state index in [0.717, 1.165) is 29.9 Å². The molecular weight excluding hydrogens is 274 g/mol. The van der Waals surface area contributed by atoms with Gasteiger partial charge in [0.1, 0.15) is 0 Å². The number of aryl methyl sites for hydroxylation is 1. The molecule has 0 saturated carbocycles. The minimum absolute atomic E-state index is 0.256. The lowest BCUT2D eigenvalue weighted by atomic mass is 10.2. The van der Waals surface area contributed by atoms with Crippen molar-refractivity contribution in [2.24, 2.45) is 0 Å². The summed E-state index contributed by atoms with van der Waals surface area (Å²) < 4.78 is 27.2. The Morgan fingerprint density at radius 2 is 2.10 bits per heavy atom. The summed E-state index contributed by atoms with van der Waals surface area (Å²) in [5, 5.41) is 3.18. The van der Waals surface area contributed by atoms with Crippen LogP contribution in [0.15, 0.2) is 41.4 Å². The van der Waals surface area contributed by atoms with E-state index >= 15 is 0 Å². The zero-order valence-electron chi connectivity index (χ0n) is 11.1. The number of benzene rings is 1. The molecule has 0 atom stereocenters. The highest BCUT2D eigenvalue weighted by Crippen LogP contribution is 2.26. The van der Waals surface area contributed by atoms with E-state index in [-0.39, 0.29) is 4.90 Å². The molecule has 1 aromatic heterocycles. The SMILES string of the molecule is Cc1ccc(NS(=O)(=O)c2ccc3c(c2)NCC3)cn1. The number of rotatable bonds is 3. The normalized spacial score (nSPS) is 13.7. The van der Waals surface area contributed by atoms with Gasteiger partial charge in [-0.2, -0.15) is 0 Å². The van der Waals surface area contributed by atoms with Crippen LogP contribution in [-0.4, -0.2) is 19.9 Å². The molecule has 20 heavy (non-hydrogen) atoms. The van der Waals surface area contributed by atoms with Crippen LogP contribution in [0.2, 0.25) is 0 Å². The van der Waals surface area contributed by atoms with Gasteiger partial charge in [0.05, 0.1) is 16.8 Å². The summed E-state index contributed by atoms with van der Waals surface area (Å²) in [7, 11) is -3.58. The second kappa shape index (κ2) is 4.79. The van der Waals surface area contributed by atoms with Gasteiger partial charge in [-0.05, 0) is 43.2 Å². The lowest BCUT2D eigenvalue weighted by molar-refractivity contribution is 0.601. The Hall–Kier alpha value is -2.08. The molecular formula is C14H15N3O2S. The number of hydrogen-bond acceptors (Lipinski definition) is 4. The molecule has 104 valence electrons. The number of nitrogens with one attached hydrogen (secondary N) is 2. The van der Waals surface area contributed by atoms with Crippen LogP contribution < -0.4 is 10.0 Å². The maximum Gasteiger partial charge on any atom is 0.262 e. The monoisotopic (exact) mass is 289 g/mol. The maximum absolute atomic E-state index is 12.3. The van der Waals surface area contributed by atoms with Crippen molar-refractivity contribution < 1.29 is 8.42 Å². The fourth-order valence-corrected chi connectivity index (χ4v) is 3.25. The van der Waals surface area contributed by atoms with E-state index in [0.29, 0.717) is 5.69 Å². The van der Waals surface area contributed by atoms with Gasteiger partial charge in [0.25, 0.3) is 10.0 Å². The summed E-state index contributed by atoms with van der Waals surface area (Å²) in [6.45, 7) is 2.71. The van der Waals surface area contributed by atoms with Crippen LogP contribution in [0.1, 0.15) is 11.3 Å². The van der Waals surface area contributed by atoms with Crippen molar-refractivity contribution >= 4 is 21.4 Å². The Labute approximate surface area is 118 Å². The van der Waals surface area contributed by atoms with Crippen LogP contribution >= 0.6 is 0 Å². The molecule has 0 unspecified atom stereocenters. The molecule has 1 aliphatic heterocycles. The van der Waals surface area contributed by atoms with Crippen molar-refractivity contribution in [3.8, 4) is 0 Å². The standard InChI is InChI=1S/C14H15N3O2S/c1-10-2-4-12(9-16-10)17-20(18,19)13-5-3-11-6-7-15-14(11)8-13/h2-5,8-9,15,17H,6-7H2,1H3. The van der Waals surface area contributed by atoms with Crippen molar-refractivity contribution in [1.29, 1.82) is 0 Å². The fraction of sp³-hybridized carbons (Fsp3) is 0.214. The minimum atomic E-state index is -3.58. The Balaban J connectivity index is 1.90. The van der Waals surface area contributed by atoms with E-state index in [1.807, 2.05) is 13.0 Å². The van der Waals surface area contributed by atoms with Crippen LogP contribution in [-0.2, 0) is 16.4 Å². The zero-order chi connectivity index (χ0) is 14.2. The summed E-state index contributed by atoms with van der Waals surface area (Å²) in [6, 6.07) is 8.63. The molecule has 2 aromatic rings. The fourth-order valence-electron chi connectivity index (χ4n) is 2.18. The summed E-state index contributed by atoms with van der Waals surface area (Å²) in [5.74, 6) is 0. The van der Waals surface area contributed by atoms with Gasteiger partial charge in [0, 0.05) is 17.9 Å². The average molecular weight is 289 g/mol. The van der Waals surface area contributed by atoms with Crippen LogP contribution in [0.25, 0.3) is 0 Å². The van der Waals surface area contributed by atoms with E-state index in [1.165, 1.54) is 6.20 Å². The van der Waals surface area contributed by atoms with Gasteiger partial charge in [0.2, 0.25) is 0 Å². The number of anilines is 2. The quantitative estimate of drug-likeness (QED) is 0.908. The molecule has 1 aliphatic rings. The highest BCUT2D eigenvalue weighted by atomic mass is 32.2. The van der Waals surface area contributed by atoms with E-state index in [4.69, 9.17) is 0 Å². The number of aromatic nitrogens is 1. The molecule has 0 bridgehead atoms. The molecule has 0 spiro atoms. The molecule has 1 aromatic carbocycles. The van der Waals surface area contributed by atoms with Gasteiger partial charge in [0.15, 0.2) is 0 Å². The summed E-state index contributed by atoms with van der Waals surface area (Å²) >= 11 is 0. The van der Waals surface area contributed by atoms with Gasteiger partial charge in [-0.1, -0.05) is 6.07 Å². The molecule has 5 nitrogen and oxygen atoms in total. The zero-order valence-corrected chi connectivity index (χ0v) is 11.9. The van der Waals surface area contributed by atoms with E-state index in [9.17, 15) is 8.42 Å². The number of nitrogens with zero attached hydrogens (tertiary/aromatic N) is 1. The van der Waals surface area contributed by atoms with Gasteiger partial charge in [-0.15, -0.1) is 0 Å². The lowest BCUT2D eigenvalue weighted by Crippen LogP contribution is -2.13. The smallest absolute Gasteiger partial charge is 0.262 e. The third kappa shape index (κ3) is 2.46. The predicted molar refractivity (Wildman–Crippen MR) is 78.4 cm³/mol. The summed E-state index contributed by atoms with van der Waals surface area (Å²) in [4.78, 5) is 4.33. The number of hydrogen-bond donors (Lipinski definition) is 2. The van der Waals surface area contributed by atoms with Gasteiger partial charge in [-0.3, -0.25) is 9.71 Å². The molecule has 0 radical (unpaired) electrons. The molecule has 2 N–H and O–H groups in total. The highest BCUT2D eigenvalue weighted by molar-refractivity contribution is 7.92. The first-order valence-corrected chi connectivity index (χ1v) is 7.85. The maximum atomic E-state index is 12.3. The van der Waals surface area contributed by atoms with Crippen molar-refractivity contribution in [3.05, 3.63) is 47.8 Å². The second-order valence-electron chi connectivity index (χ2n) is 4.79. The Kier molecular flexibility index (Phi) is 3.10. The number of fused-ring (bicyclic) bond motifs is 1. The van der Waals surface area contributed by atoms with Crippen LogP contribution in [0.5, 0.6) is 0 Å². The molecule has 3 rings (SSSR count). The topological polar surface area (TPSA) is 71.1 Å². The van der Waals surface area contributed by atoms with Gasteiger partial charge >= 0.3 is 0 Å². The van der Waals surface area contributed by atoms with E-state index < -0.39 is 10.0 Å². The Morgan fingerprint density at radius 1 is 1.25 bits per heavy atom. The summed E-state index contributed by atoms with van der Waals surface area (Å²) in [6.07, 6.45) is 2.45. The number of pyridine rings is 1. The molecule has 0 aliphatic carbocycles. The highest BCUT2D eigenvalue weighted by Gasteiger charge is 2.18. The van der Waals surface area contributed by atoms with Crippen LogP contribution in [0.3, 0.4) is 0 Å². The minimum Gasteiger partial charge on any atom is -0.384 e. The molecule has 6 heteroatoms. The van der Waals surface area contributed by atoms with Crippen molar-refractivity contribution in [1.82, 2.24) is 4.98 Å². The van der Waals surface area contributed by atoms with E-state index in [2.05, 4.69) is 15.0 Å². The Morgan fingerprint density at radius 3 is 2.85 bits per heavy atom. The predicted octanol–water partition coefficient (Wildman–Crippen LogP) is 2.16. The second-order valence-corrected chi connectivity index (χ2v) is 6.47. The largest absolute Gasteiger partial charge is 0.384 e. The summed E-state index contributed by atoms with van der Waals surface area (Å²) in [5.41, 5.74) is 3.36. The third-order valence-corrected chi connectivity index (χ3v) is 4.64. The first-order chi connectivity index (χ1) is 9.54.